The van der Waals surface area contributed by atoms with Gasteiger partial charge in [0.15, 0.2) is 5.65 Å². The van der Waals surface area contributed by atoms with Crippen molar-refractivity contribution in [3.63, 3.8) is 0 Å². The van der Waals surface area contributed by atoms with Crippen LogP contribution in [-0.2, 0) is 10.3 Å². The fourth-order valence-corrected chi connectivity index (χ4v) is 6.11. The molecule has 0 saturated carbocycles. The Bertz CT molecular complexity index is 1730. The molecular formula is C34H31N3O3S. The van der Waals surface area contributed by atoms with Gasteiger partial charge in [0.05, 0.1) is 30.1 Å². The second-order valence-electron chi connectivity index (χ2n) is 10.7. The van der Waals surface area contributed by atoms with Crippen molar-refractivity contribution >= 4 is 23.0 Å². The van der Waals surface area contributed by atoms with E-state index in [0.717, 1.165) is 56.7 Å². The van der Waals surface area contributed by atoms with E-state index < -0.39 is 5.60 Å². The highest BCUT2D eigenvalue weighted by atomic mass is 32.2. The maximum Gasteiger partial charge on any atom is 0.151 e. The van der Waals surface area contributed by atoms with Gasteiger partial charge >= 0.3 is 0 Å². The molecule has 206 valence electrons. The molecule has 6 nitrogen and oxygen atoms in total. The van der Waals surface area contributed by atoms with Crippen LogP contribution in [0.1, 0.15) is 37.8 Å². The van der Waals surface area contributed by atoms with E-state index in [1.807, 2.05) is 66.9 Å². The van der Waals surface area contributed by atoms with Crippen LogP contribution in [0.5, 0.6) is 5.75 Å². The smallest absolute Gasteiger partial charge is 0.151 e. The van der Waals surface area contributed by atoms with Crippen LogP contribution in [0, 0.1) is 11.3 Å². The van der Waals surface area contributed by atoms with Gasteiger partial charge in [-0.2, -0.15) is 5.26 Å². The van der Waals surface area contributed by atoms with Gasteiger partial charge in [-0.05, 0) is 90.5 Å². The van der Waals surface area contributed by atoms with Crippen LogP contribution in [0.15, 0.2) is 96.0 Å². The van der Waals surface area contributed by atoms with Gasteiger partial charge in [-0.1, -0.05) is 42.5 Å². The van der Waals surface area contributed by atoms with Gasteiger partial charge in [0, 0.05) is 29.3 Å². The minimum Gasteiger partial charge on any atom is -0.489 e. The van der Waals surface area contributed by atoms with Crippen molar-refractivity contribution in [1.82, 2.24) is 8.96 Å². The highest BCUT2D eigenvalue weighted by Crippen LogP contribution is 2.40. The van der Waals surface area contributed by atoms with Crippen LogP contribution in [0.4, 0.5) is 0 Å². The van der Waals surface area contributed by atoms with Crippen molar-refractivity contribution in [3.05, 3.63) is 102 Å². The lowest BCUT2D eigenvalue weighted by molar-refractivity contribution is 0.0254. The zero-order chi connectivity index (χ0) is 28.4. The number of pyridine rings is 1. The lowest BCUT2D eigenvalue weighted by Crippen LogP contribution is -2.26. The number of nitrogens with zero attached hydrogens (tertiary/aromatic N) is 3. The molecule has 1 fully saturated rings. The van der Waals surface area contributed by atoms with Gasteiger partial charge in [0.25, 0.3) is 0 Å². The van der Waals surface area contributed by atoms with Crippen LogP contribution in [0.3, 0.4) is 0 Å². The van der Waals surface area contributed by atoms with Crippen LogP contribution >= 0.6 is 11.9 Å². The number of aromatic nitrogens is 2. The summed E-state index contributed by atoms with van der Waals surface area (Å²) in [6, 6.07) is 30.5. The van der Waals surface area contributed by atoms with Crippen molar-refractivity contribution < 1.29 is 14.6 Å². The summed E-state index contributed by atoms with van der Waals surface area (Å²) >= 11 is 1.60. The Morgan fingerprint density at radius 3 is 2.54 bits per heavy atom. The predicted molar refractivity (Wildman–Crippen MR) is 163 cm³/mol. The molecule has 0 radical (unpaired) electrons. The van der Waals surface area contributed by atoms with Crippen molar-refractivity contribution in [2.75, 3.05) is 13.2 Å². The molecule has 1 N–H and O–H groups in total. The van der Waals surface area contributed by atoms with Crippen molar-refractivity contribution in [1.29, 1.82) is 5.26 Å². The minimum atomic E-state index is -0.967. The van der Waals surface area contributed by atoms with E-state index in [-0.39, 0.29) is 6.10 Å². The van der Waals surface area contributed by atoms with Crippen LogP contribution in [-0.4, -0.2) is 33.4 Å². The Morgan fingerprint density at radius 2 is 1.78 bits per heavy atom. The van der Waals surface area contributed by atoms with Crippen molar-refractivity contribution in [2.24, 2.45) is 0 Å². The average molecular weight is 562 g/mol. The van der Waals surface area contributed by atoms with E-state index >= 15 is 0 Å². The normalized spacial score (nSPS) is 14.2. The molecule has 41 heavy (non-hydrogen) atoms. The third kappa shape index (κ3) is 5.73. The summed E-state index contributed by atoms with van der Waals surface area (Å²) in [4.78, 5) is 5.89. The molecule has 6 rings (SSSR count). The van der Waals surface area contributed by atoms with Gasteiger partial charge in [0.1, 0.15) is 17.9 Å². The molecule has 1 aliphatic rings. The molecule has 3 aromatic carbocycles. The first-order chi connectivity index (χ1) is 19.9. The summed E-state index contributed by atoms with van der Waals surface area (Å²) in [7, 11) is 0. The van der Waals surface area contributed by atoms with Crippen molar-refractivity contribution in [3.8, 4) is 34.2 Å². The Hall–Kier alpha value is -4.09. The quantitative estimate of drug-likeness (QED) is 0.221. The van der Waals surface area contributed by atoms with Crippen LogP contribution in [0.25, 0.3) is 33.4 Å². The highest BCUT2D eigenvalue weighted by molar-refractivity contribution is 7.98. The highest BCUT2D eigenvalue weighted by Gasteiger charge is 2.21. The number of nitriles is 1. The van der Waals surface area contributed by atoms with Gasteiger partial charge in [-0.3, -0.25) is 3.97 Å². The molecule has 0 spiro atoms. The molecule has 0 unspecified atom stereocenters. The molecule has 0 atom stereocenters. The molecular weight excluding hydrogens is 530 g/mol. The van der Waals surface area contributed by atoms with Gasteiger partial charge < -0.3 is 14.6 Å². The topological polar surface area (TPSA) is 80.3 Å². The number of hydrogen-bond acceptors (Lipinski definition) is 6. The van der Waals surface area contributed by atoms with Gasteiger partial charge in [-0.25, -0.2) is 4.98 Å². The first-order valence-corrected chi connectivity index (χ1v) is 14.5. The molecule has 5 aromatic rings. The van der Waals surface area contributed by atoms with Crippen LogP contribution < -0.4 is 4.74 Å². The maximum atomic E-state index is 10.7. The van der Waals surface area contributed by atoms with Gasteiger partial charge in [-0.15, -0.1) is 0 Å². The van der Waals surface area contributed by atoms with E-state index in [4.69, 9.17) is 14.5 Å². The first-order valence-electron chi connectivity index (χ1n) is 13.8. The van der Waals surface area contributed by atoms with E-state index in [0.29, 0.717) is 24.5 Å². The average Bonchev–Trinajstić information content (AvgIpc) is 3.36. The maximum absolute atomic E-state index is 10.7. The standard InChI is InChI=1S/C34H31N3O3S/c1-34(2,38)26-8-6-7-24(20-26)31-21-30-29(13-16-36-33(30)37(31)41-28-9-4-3-5-10-28)23-11-12-32(25(19-23)22-35)40-27-14-17-39-18-15-27/h3-13,16,19-21,27,38H,14-15,17-18H2,1-2H3. The Balaban J connectivity index is 1.47. The number of benzene rings is 3. The Labute approximate surface area is 244 Å². The second-order valence-corrected chi connectivity index (χ2v) is 11.7. The second kappa shape index (κ2) is 11.4. The Kier molecular flexibility index (Phi) is 7.55. The largest absolute Gasteiger partial charge is 0.489 e. The summed E-state index contributed by atoms with van der Waals surface area (Å²) in [5, 5.41) is 21.7. The zero-order valence-corrected chi connectivity index (χ0v) is 23.9. The molecule has 0 aliphatic carbocycles. The van der Waals surface area contributed by atoms with Crippen molar-refractivity contribution in [2.45, 2.75) is 43.3 Å². The summed E-state index contributed by atoms with van der Waals surface area (Å²) in [5.74, 6) is 0.606. The first kappa shape index (κ1) is 27.1. The number of fused-ring (bicyclic) bond motifs is 1. The van der Waals surface area contributed by atoms with E-state index in [1.165, 1.54) is 0 Å². The van der Waals surface area contributed by atoms with Crippen LogP contribution in [0.2, 0.25) is 0 Å². The summed E-state index contributed by atoms with van der Waals surface area (Å²) in [6.07, 6.45) is 3.51. The summed E-state index contributed by atoms with van der Waals surface area (Å²) < 4.78 is 13.8. The predicted octanol–water partition coefficient (Wildman–Crippen LogP) is 7.58. The summed E-state index contributed by atoms with van der Waals surface area (Å²) in [6.45, 7) is 4.95. The zero-order valence-electron chi connectivity index (χ0n) is 23.1. The minimum absolute atomic E-state index is 0.0561. The molecule has 2 aromatic heterocycles. The Morgan fingerprint density at radius 1 is 0.976 bits per heavy atom. The van der Waals surface area contributed by atoms with E-state index in [2.05, 4.69) is 34.3 Å². The number of rotatable bonds is 7. The van der Waals surface area contributed by atoms with Gasteiger partial charge in [0.2, 0.25) is 0 Å². The molecule has 0 bridgehead atoms. The van der Waals surface area contributed by atoms with E-state index in [9.17, 15) is 10.4 Å². The lowest BCUT2D eigenvalue weighted by atomic mass is 9.95. The number of aliphatic hydroxyl groups is 1. The fourth-order valence-electron chi connectivity index (χ4n) is 5.13. The molecule has 7 heteroatoms. The molecule has 0 amide bonds. The number of ether oxygens (including phenoxy) is 2. The molecule has 3 heterocycles. The molecule has 1 saturated heterocycles. The third-order valence-corrected chi connectivity index (χ3v) is 8.37. The number of hydrogen-bond donors (Lipinski definition) is 1. The SMILES string of the molecule is CC(C)(O)c1cccc(-c2cc3c(-c4ccc(OC5CCOCC5)c(C#N)c4)ccnc3n2Sc2ccccc2)c1. The van der Waals surface area contributed by atoms with E-state index in [1.54, 1.807) is 25.8 Å². The fraction of sp³-hybridized carbons (Fsp3) is 0.235. The molecule has 1 aliphatic heterocycles. The summed E-state index contributed by atoms with van der Waals surface area (Å²) in [5.41, 5.74) is 5.06. The third-order valence-electron chi connectivity index (χ3n) is 7.34. The lowest BCUT2D eigenvalue weighted by Gasteiger charge is -2.23. The monoisotopic (exact) mass is 561 g/mol.